The Balaban J connectivity index is 1.58. The van der Waals surface area contributed by atoms with Crippen molar-refractivity contribution in [2.24, 2.45) is 0 Å². The van der Waals surface area contributed by atoms with Crippen LogP contribution in [0.1, 0.15) is 58.8 Å². The number of esters is 1. The average Bonchev–Trinajstić information content (AvgIpc) is 2.79. The molecule has 162 valence electrons. The number of carbonyl (C=O) groups is 1. The van der Waals surface area contributed by atoms with Crippen molar-refractivity contribution in [3.05, 3.63) is 88.0 Å². The summed E-state index contributed by atoms with van der Waals surface area (Å²) < 4.78 is 34.2. The molecule has 4 rings (SSSR count). The summed E-state index contributed by atoms with van der Waals surface area (Å²) in [6.45, 7) is 2.19. The summed E-state index contributed by atoms with van der Waals surface area (Å²) >= 11 is 0. The van der Waals surface area contributed by atoms with E-state index in [0.29, 0.717) is 18.4 Å². The minimum Gasteiger partial charge on any atom is -0.423 e. The molecule has 0 heterocycles. The van der Waals surface area contributed by atoms with E-state index < -0.39 is 17.6 Å². The van der Waals surface area contributed by atoms with E-state index >= 15 is 4.39 Å². The molecule has 0 aliphatic heterocycles. The van der Waals surface area contributed by atoms with Gasteiger partial charge in [-0.15, -0.1) is 0 Å². The van der Waals surface area contributed by atoms with Crippen LogP contribution in [0.2, 0.25) is 0 Å². The monoisotopic (exact) mass is 431 g/mol. The minimum atomic E-state index is -0.897. The van der Waals surface area contributed by atoms with Crippen LogP contribution in [0.25, 0.3) is 11.1 Å². The van der Waals surface area contributed by atoms with E-state index in [-0.39, 0.29) is 16.9 Å². The molecule has 0 spiro atoms. The van der Waals surface area contributed by atoms with Gasteiger partial charge in [-0.05, 0) is 71.7 Å². The van der Waals surface area contributed by atoms with Crippen LogP contribution >= 0.6 is 0 Å². The fourth-order valence-corrected chi connectivity index (χ4v) is 4.20. The zero-order chi connectivity index (χ0) is 22.7. The van der Waals surface area contributed by atoms with Gasteiger partial charge < -0.3 is 4.74 Å². The average molecular weight is 431 g/mol. The first kappa shape index (κ1) is 21.7. The van der Waals surface area contributed by atoms with Crippen LogP contribution in [0, 0.1) is 23.0 Å². The number of rotatable bonds is 6. The maximum absolute atomic E-state index is 15.3. The summed E-state index contributed by atoms with van der Waals surface area (Å²) in [7, 11) is 0. The number of hydrogen-bond acceptors (Lipinski definition) is 3. The van der Waals surface area contributed by atoms with Crippen LogP contribution in [-0.2, 0) is 19.3 Å². The van der Waals surface area contributed by atoms with Gasteiger partial charge in [0.15, 0.2) is 0 Å². The molecule has 3 aromatic rings. The van der Waals surface area contributed by atoms with E-state index in [1.54, 1.807) is 12.1 Å². The molecule has 0 atom stereocenters. The van der Waals surface area contributed by atoms with Crippen molar-refractivity contribution in [2.75, 3.05) is 0 Å². The Morgan fingerprint density at radius 3 is 2.59 bits per heavy atom. The summed E-state index contributed by atoms with van der Waals surface area (Å²) in [5, 5.41) is 8.80. The zero-order valence-electron chi connectivity index (χ0n) is 17.9. The third kappa shape index (κ3) is 4.27. The number of halogens is 2. The summed E-state index contributed by atoms with van der Waals surface area (Å²) in [5.41, 5.74) is 4.45. The number of benzene rings is 3. The molecule has 1 aliphatic carbocycles. The highest BCUT2D eigenvalue weighted by atomic mass is 19.1. The Kier molecular flexibility index (Phi) is 6.32. The van der Waals surface area contributed by atoms with E-state index in [4.69, 9.17) is 10.00 Å². The van der Waals surface area contributed by atoms with Crippen molar-refractivity contribution in [3.63, 3.8) is 0 Å². The molecule has 0 saturated carbocycles. The summed E-state index contributed by atoms with van der Waals surface area (Å²) in [5.74, 6) is -2.37. The first-order valence-corrected chi connectivity index (χ1v) is 10.9. The second kappa shape index (κ2) is 9.32. The minimum absolute atomic E-state index is 0.0791. The lowest BCUT2D eigenvalue weighted by Crippen LogP contribution is -2.15. The van der Waals surface area contributed by atoms with Gasteiger partial charge in [0.2, 0.25) is 0 Å². The number of hydrogen-bond donors (Lipinski definition) is 0. The normalized spacial score (nSPS) is 11.9. The largest absolute Gasteiger partial charge is 0.423 e. The lowest BCUT2D eigenvalue weighted by Gasteiger charge is -2.22. The molecule has 0 aromatic heterocycles. The molecule has 0 amide bonds. The van der Waals surface area contributed by atoms with Crippen molar-refractivity contribution in [1.29, 1.82) is 5.26 Å². The molecule has 0 radical (unpaired) electrons. The van der Waals surface area contributed by atoms with Gasteiger partial charge >= 0.3 is 5.97 Å². The molecule has 0 unspecified atom stereocenters. The number of aryl methyl sites for hydroxylation is 2. The van der Waals surface area contributed by atoms with E-state index in [1.165, 1.54) is 42.2 Å². The fraction of sp³-hybridized carbons (Fsp3) is 0.259. The SMILES string of the molecule is CCCCCc1ccc2c(c1)CCc1c-2ccc(C(=O)Oc2ccc(C#N)c(F)c2)c1F. The lowest BCUT2D eigenvalue weighted by atomic mass is 9.83. The van der Waals surface area contributed by atoms with E-state index in [9.17, 15) is 9.18 Å². The number of unbranched alkanes of at least 4 members (excludes halogenated alkanes) is 2. The van der Waals surface area contributed by atoms with Crippen LogP contribution in [0.3, 0.4) is 0 Å². The molecule has 0 bridgehead atoms. The van der Waals surface area contributed by atoms with Crippen molar-refractivity contribution in [2.45, 2.75) is 45.4 Å². The molecule has 0 fully saturated rings. The Hall–Kier alpha value is -3.52. The fourth-order valence-electron chi connectivity index (χ4n) is 4.20. The second-order valence-corrected chi connectivity index (χ2v) is 8.04. The summed E-state index contributed by atoms with van der Waals surface area (Å²) in [4.78, 5) is 12.6. The quantitative estimate of drug-likeness (QED) is 0.252. The third-order valence-electron chi connectivity index (χ3n) is 5.91. The molecular weight excluding hydrogens is 408 g/mol. The predicted molar refractivity (Wildman–Crippen MR) is 119 cm³/mol. The highest BCUT2D eigenvalue weighted by Crippen LogP contribution is 2.36. The number of fused-ring (bicyclic) bond motifs is 3. The first-order valence-electron chi connectivity index (χ1n) is 10.9. The van der Waals surface area contributed by atoms with Crippen molar-refractivity contribution >= 4 is 5.97 Å². The van der Waals surface area contributed by atoms with Gasteiger partial charge in [0.1, 0.15) is 23.5 Å². The molecule has 3 nitrogen and oxygen atoms in total. The Labute approximate surface area is 186 Å². The van der Waals surface area contributed by atoms with Crippen LogP contribution < -0.4 is 4.74 Å². The lowest BCUT2D eigenvalue weighted by molar-refractivity contribution is 0.0729. The number of nitriles is 1. The topological polar surface area (TPSA) is 50.1 Å². The molecule has 1 aliphatic rings. The maximum atomic E-state index is 15.3. The molecule has 0 N–H and O–H groups in total. The molecule has 3 aromatic carbocycles. The Bertz CT molecular complexity index is 1230. The zero-order valence-corrected chi connectivity index (χ0v) is 17.9. The van der Waals surface area contributed by atoms with Gasteiger partial charge in [0, 0.05) is 6.07 Å². The van der Waals surface area contributed by atoms with E-state index in [0.717, 1.165) is 30.0 Å². The number of ether oxygens (including phenoxy) is 1. The van der Waals surface area contributed by atoms with Crippen LogP contribution in [-0.4, -0.2) is 5.97 Å². The van der Waals surface area contributed by atoms with Crippen LogP contribution in [0.15, 0.2) is 48.5 Å². The highest BCUT2D eigenvalue weighted by molar-refractivity contribution is 5.93. The number of nitrogens with zero attached hydrogens (tertiary/aromatic N) is 1. The Morgan fingerprint density at radius 2 is 1.84 bits per heavy atom. The summed E-state index contributed by atoms with van der Waals surface area (Å²) in [6, 6.07) is 14.7. The van der Waals surface area contributed by atoms with Gasteiger partial charge in [-0.1, -0.05) is 44.0 Å². The van der Waals surface area contributed by atoms with Crippen LogP contribution in [0.4, 0.5) is 8.78 Å². The summed E-state index contributed by atoms with van der Waals surface area (Å²) in [6.07, 6.45) is 5.80. The maximum Gasteiger partial charge on any atom is 0.346 e. The van der Waals surface area contributed by atoms with E-state index in [1.807, 2.05) is 6.07 Å². The van der Waals surface area contributed by atoms with Crippen molar-refractivity contribution < 1.29 is 18.3 Å². The molecule has 5 heteroatoms. The first-order chi connectivity index (χ1) is 15.5. The molecule has 0 saturated heterocycles. The highest BCUT2D eigenvalue weighted by Gasteiger charge is 2.25. The third-order valence-corrected chi connectivity index (χ3v) is 5.91. The van der Waals surface area contributed by atoms with E-state index in [2.05, 4.69) is 19.1 Å². The van der Waals surface area contributed by atoms with Gasteiger partial charge in [-0.25, -0.2) is 13.6 Å². The second-order valence-electron chi connectivity index (χ2n) is 8.04. The smallest absolute Gasteiger partial charge is 0.346 e. The standard InChI is InChI=1S/C27H23F2NO2/c1-2-3-4-5-17-6-10-21-18(14-17)8-11-23-22(21)12-13-24(26(23)29)27(31)32-20-9-7-19(16-30)25(28)15-20/h6-7,9-10,12-15H,2-5,8,11H2,1H3. The number of carbonyl (C=O) groups excluding carboxylic acids is 1. The van der Waals surface area contributed by atoms with Crippen LogP contribution in [0.5, 0.6) is 5.75 Å². The van der Waals surface area contributed by atoms with Gasteiger partial charge in [-0.2, -0.15) is 5.26 Å². The van der Waals surface area contributed by atoms with Gasteiger partial charge in [0.25, 0.3) is 0 Å². The Morgan fingerprint density at radius 1 is 1.03 bits per heavy atom. The van der Waals surface area contributed by atoms with Gasteiger partial charge in [-0.3, -0.25) is 0 Å². The van der Waals surface area contributed by atoms with Crippen molar-refractivity contribution in [1.82, 2.24) is 0 Å². The molecule has 32 heavy (non-hydrogen) atoms. The molecular formula is C27H23F2NO2. The van der Waals surface area contributed by atoms with Crippen molar-refractivity contribution in [3.8, 4) is 22.9 Å². The predicted octanol–water partition coefficient (Wildman–Crippen LogP) is 6.55. The van der Waals surface area contributed by atoms with Gasteiger partial charge in [0.05, 0.1) is 11.1 Å².